The van der Waals surface area contributed by atoms with Crippen molar-refractivity contribution < 1.29 is 14.3 Å². The summed E-state index contributed by atoms with van der Waals surface area (Å²) in [6.45, 7) is 7.14. The van der Waals surface area contributed by atoms with E-state index in [1.54, 1.807) is 27.7 Å². The molecule has 0 aliphatic rings. The molecular weight excluding hydrogens is 206 g/mol. The Labute approximate surface area is 90.0 Å². The van der Waals surface area contributed by atoms with Crippen LogP contribution in [0, 0.1) is 0 Å². The molecule has 0 heterocycles. The summed E-state index contributed by atoms with van der Waals surface area (Å²) in [5, 5.41) is 0. The maximum Gasteiger partial charge on any atom is 0.327 e. The predicted octanol–water partition coefficient (Wildman–Crippen LogP) is 1.47. The van der Waals surface area contributed by atoms with E-state index in [0.717, 1.165) is 0 Å². The van der Waals surface area contributed by atoms with Gasteiger partial charge in [-0.3, -0.25) is 4.79 Å². The lowest BCUT2D eigenvalue weighted by atomic mass is 10.1. The zero-order chi connectivity index (χ0) is 11.4. The van der Waals surface area contributed by atoms with Crippen LogP contribution >= 0.6 is 11.8 Å². The number of nitrogens with one attached hydrogen (secondary N) is 1. The fourth-order valence-corrected chi connectivity index (χ4v) is 1.09. The van der Waals surface area contributed by atoms with Gasteiger partial charge < -0.3 is 9.47 Å². The molecule has 0 aromatic heterocycles. The van der Waals surface area contributed by atoms with E-state index in [0.29, 0.717) is 0 Å². The summed E-state index contributed by atoms with van der Waals surface area (Å²) >= 11 is 5.43. The fraction of sp³-hybridized carbons (Fsp3) is 0.889. The molecule has 0 rings (SSSR count). The molecule has 0 amide bonds. The third-order valence-electron chi connectivity index (χ3n) is 1.62. The monoisotopic (exact) mass is 223 g/mol. The number of ether oxygens (including phenoxy) is 2. The number of carbonyl (C=O) groups is 1. The van der Waals surface area contributed by atoms with Crippen molar-refractivity contribution >= 4 is 17.7 Å². The molecule has 84 valence electrons. The van der Waals surface area contributed by atoms with Crippen LogP contribution in [0.3, 0.4) is 0 Å². The Hall–Kier alpha value is -0.320. The summed E-state index contributed by atoms with van der Waals surface area (Å²) in [7, 11) is 1.51. The average molecular weight is 224 g/mol. The molecule has 0 aliphatic heterocycles. The van der Waals surface area contributed by atoms with Crippen molar-refractivity contribution in [3.05, 3.63) is 0 Å². The predicted molar refractivity (Wildman–Crippen MR) is 55.1 cm³/mol. The van der Waals surface area contributed by atoms with E-state index >= 15 is 0 Å². The van der Waals surface area contributed by atoms with Crippen LogP contribution in [0.25, 0.3) is 0 Å². The maximum atomic E-state index is 11.5. The molecule has 0 bridgehead atoms. The summed E-state index contributed by atoms with van der Waals surface area (Å²) < 4.78 is 10.1. The lowest BCUT2D eigenvalue weighted by Crippen LogP contribution is -2.45. The van der Waals surface area contributed by atoms with Gasteiger partial charge in [0.2, 0.25) is 0 Å². The Morgan fingerprint density at radius 1 is 1.43 bits per heavy atom. The highest BCUT2D eigenvalue weighted by Gasteiger charge is 2.29. The lowest BCUT2D eigenvalue weighted by Gasteiger charge is -2.25. The molecule has 0 fully saturated rings. The number of carbonyl (C=O) groups excluding carboxylic acids is 1. The summed E-state index contributed by atoms with van der Waals surface area (Å²) in [5.74, 6) is -0.415. The van der Waals surface area contributed by atoms with Gasteiger partial charge in [-0.15, -0.1) is 0 Å². The smallest absolute Gasteiger partial charge is 0.327 e. The number of rotatable bonds is 4. The highest BCUT2D eigenvalue weighted by atomic mass is 35.5. The van der Waals surface area contributed by atoms with Crippen molar-refractivity contribution in [2.45, 2.75) is 45.4 Å². The van der Waals surface area contributed by atoms with E-state index < -0.39 is 17.6 Å². The molecule has 0 saturated heterocycles. The molecular formula is C9H18ClNO3. The Bertz CT molecular complexity index is 191. The second-order valence-electron chi connectivity index (χ2n) is 4.06. The minimum Gasteiger partial charge on any atom is -0.459 e. The quantitative estimate of drug-likeness (QED) is 0.579. The minimum atomic E-state index is -0.652. The molecule has 0 aromatic rings. The Kier molecular flexibility index (Phi) is 5.41. The van der Waals surface area contributed by atoms with Crippen LogP contribution in [-0.4, -0.2) is 30.8 Å². The van der Waals surface area contributed by atoms with Gasteiger partial charge in [0, 0.05) is 7.11 Å². The van der Waals surface area contributed by atoms with Crippen molar-refractivity contribution in [2.75, 3.05) is 7.11 Å². The summed E-state index contributed by atoms with van der Waals surface area (Å²) in [5.41, 5.74) is -0.517. The Morgan fingerprint density at radius 3 is 2.21 bits per heavy atom. The van der Waals surface area contributed by atoms with Gasteiger partial charge in [0.1, 0.15) is 11.6 Å². The lowest BCUT2D eigenvalue weighted by molar-refractivity contribution is -0.160. The van der Waals surface area contributed by atoms with Gasteiger partial charge in [-0.25, -0.2) is 4.84 Å². The molecule has 0 saturated carbocycles. The molecule has 0 radical (unpaired) electrons. The number of hydrogen-bond acceptors (Lipinski definition) is 4. The van der Waals surface area contributed by atoms with Crippen LogP contribution in [0.1, 0.15) is 27.7 Å². The average Bonchev–Trinajstić information content (AvgIpc) is 2.01. The highest BCUT2D eigenvalue weighted by Crippen LogP contribution is 2.11. The first-order valence-corrected chi connectivity index (χ1v) is 4.81. The molecule has 1 N–H and O–H groups in total. The van der Waals surface area contributed by atoms with Gasteiger partial charge in [0.25, 0.3) is 0 Å². The van der Waals surface area contributed by atoms with Gasteiger partial charge in [-0.1, -0.05) is 0 Å². The van der Waals surface area contributed by atoms with Crippen LogP contribution in [0.5, 0.6) is 0 Å². The zero-order valence-corrected chi connectivity index (χ0v) is 10.0. The third-order valence-corrected chi connectivity index (χ3v) is 1.85. The molecule has 5 heteroatoms. The summed E-state index contributed by atoms with van der Waals surface area (Å²) in [6.07, 6.45) is -0.331. The Balaban J connectivity index is 4.33. The van der Waals surface area contributed by atoms with E-state index in [1.165, 1.54) is 7.11 Å². The molecule has 0 unspecified atom stereocenters. The summed E-state index contributed by atoms with van der Waals surface area (Å²) in [4.78, 5) is 13.9. The normalized spacial score (nSPS) is 16.1. The van der Waals surface area contributed by atoms with E-state index in [2.05, 4.69) is 4.84 Å². The maximum absolute atomic E-state index is 11.5. The van der Waals surface area contributed by atoms with Crippen molar-refractivity contribution in [1.82, 2.24) is 4.84 Å². The van der Waals surface area contributed by atoms with E-state index in [9.17, 15) is 4.79 Å². The van der Waals surface area contributed by atoms with Crippen LogP contribution in [-0.2, 0) is 14.3 Å². The molecule has 0 spiro atoms. The second kappa shape index (κ2) is 5.53. The molecule has 0 aromatic carbocycles. The number of hydrogen-bond donors (Lipinski definition) is 1. The SMILES string of the molecule is CO[C@H](C)[C@@H](NCl)C(=O)OC(C)(C)C. The van der Waals surface area contributed by atoms with Gasteiger partial charge in [0.15, 0.2) is 0 Å². The van der Waals surface area contributed by atoms with E-state index in [-0.39, 0.29) is 6.10 Å². The van der Waals surface area contributed by atoms with Crippen LogP contribution < -0.4 is 4.84 Å². The van der Waals surface area contributed by atoms with E-state index in [4.69, 9.17) is 21.3 Å². The standard InChI is InChI=1S/C9H18ClNO3/c1-6(13-5)7(11-10)8(12)14-9(2,3)4/h6-7,11H,1-5H3/t6-,7-/m1/s1. The molecule has 2 atom stereocenters. The second-order valence-corrected chi connectivity index (χ2v) is 4.28. The van der Waals surface area contributed by atoms with Crippen LogP contribution in [0.4, 0.5) is 0 Å². The number of esters is 1. The molecule has 14 heavy (non-hydrogen) atoms. The zero-order valence-electron chi connectivity index (χ0n) is 9.26. The number of halogens is 1. The van der Waals surface area contributed by atoms with Gasteiger partial charge in [0.05, 0.1) is 6.10 Å². The van der Waals surface area contributed by atoms with Gasteiger partial charge in [-0.05, 0) is 39.5 Å². The largest absolute Gasteiger partial charge is 0.459 e. The van der Waals surface area contributed by atoms with E-state index in [1.807, 2.05) is 0 Å². The van der Waals surface area contributed by atoms with Crippen LogP contribution in [0.15, 0.2) is 0 Å². The van der Waals surface area contributed by atoms with Crippen molar-refractivity contribution in [1.29, 1.82) is 0 Å². The van der Waals surface area contributed by atoms with Crippen molar-refractivity contribution in [3.8, 4) is 0 Å². The summed E-state index contributed by atoms with van der Waals surface area (Å²) in [6, 6.07) is -0.652. The van der Waals surface area contributed by atoms with Crippen LogP contribution in [0.2, 0.25) is 0 Å². The van der Waals surface area contributed by atoms with Crippen molar-refractivity contribution in [3.63, 3.8) is 0 Å². The highest BCUT2D eigenvalue weighted by molar-refractivity contribution is 6.14. The first kappa shape index (κ1) is 13.7. The molecule has 4 nitrogen and oxygen atoms in total. The first-order valence-electron chi connectivity index (χ1n) is 4.43. The van der Waals surface area contributed by atoms with Gasteiger partial charge >= 0.3 is 5.97 Å². The van der Waals surface area contributed by atoms with Crippen molar-refractivity contribution in [2.24, 2.45) is 0 Å². The third kappa shape index (κ3) is 4.79. The number of methoxy groups -OCH3 is 1. The topological polar surface area (TPSA) is 47.6 Å². The fourth-order valence-electron chi connectivity index (χ4n) is 0.826. The van der Waals surface area contributed by atoms with Gasteiger partial charge in [-0.2, -0.15) is 0 Å². The molecule has 0 aliphatic carbocycles. The minimum absolute atomic E-state index is 0.331. The first-order chi connectivity index (χ1) is 6.31. The Morgan fingerprint density at radius 2 is 1.93 bits per heavy atom.